The molecule has 0 amide bonds. The molecule has 2 rings (SSSR count). The van der Waals surface area contributed by atoms with E-state index < -0.39 is 0 Å². The number of benzene rings is 1. The van der Waals surface area contributed by atoms with Crippen molar-refractivity contribution in [3.8, 4) is 5.75 Å². The van der Waals surface area contributed by atoms with Crippen molar-refractivity contribution in [1.29, 1.82) is 0 Å². The van der Waals surface area contributed by atoms with Gasteiger partial charge >= 0.3 is 0 Å². The Bertz CT molecular complexity index is 386. The van der Waals surface area contributed by atoms with Crippen LogP contribution in [0.1, 0.15) is 24.8 Å². The van der Waals surface area contributed by atoms with Gasteiger partial charge in [-0.15, -0.1) is 6.58 Å². The average molecular weight is 217 g/mol. The van der Waals surface area contributed by atoms with Crippen molar-refractivity contribution in [1.82, 2.24) is 5.32 Å². The monoisotopic (exact) mass is 217 g/mol. The first-order valence-electron chi connectivity index (χ1n) is 5.75. The van der Waals surface area contributed by atoms with Crippen LogP contribution in [0.25, 0.3) is 0 Å². The summed E-state index contributed by atoms with van der Waals surface area (Å²) in [5, 5.41) is 3.38. The summed E-state index contributed by atoms with van der Waals surface area (Å²) < 4.78 is 5.71. The first kappa shape index (κ1) is 11.2. The molecular formula is C14H19NO. The molecule has 0 spiro atoms. The van der Waals surface area contributed by atoms with Crippen LogP contribution in [0, 0.1) is 0 Å². The molecule has 1 aromatic carbocycles. The van der Waals surface area contributed by atoms with Gasteiger partial charge < -0.3 is 10.1 Å². The number of likely N-dealkylation sites (N-methyl/N-ethyl adjacent to an activating group) is 1. The molecule has 0 saturated heterocycles. The highest BCUT2D eigenvalue weighted by Gasteiger charge is 2.29. The Labute approximate surface area is 97.3 Å². The number of para-hydroxylation sites is 1. The smallest absolute Gasteiger partial charge is 0.122 e. The molecule has 86 valence electrons. The fourth-order valence-corrected chi connectivity index (χ4v) is 2.34. The summed E-state index contributed by atoms with van der Waals surface area (Å²) in [5.41, 5.74) is 2.53. The van der Waals surface area contributed by atoms with E-state index in [0.29, 0.717) is 12.0 Å². The Morgan fingerprint density at radius 1 is 1.56 bits per heavy atom. The van der Waals surface area contributed by atoms with Gasteiger partial charge in [-0.3, -0.25) is 0 Å². The highest BCUT2D eigenvalue weighted by Crippen LogP contribution is 2.36. The lowest BCUT2D eigenvalue weighted by Gasteiger charge is -2.22. The summed E-state index contributed by atoms with van der Waals surface area (Å²) in [4.78, 5) is 0. The molecule has 1 heterocycles. The van der Waals surface area contributed by atoms with Crippen LogP contribution >= 0.6 is 0 Å². The second-order valence-electron chi connectivity index (χ2n) is 4.51. The van der Waals surface area contributed by atoms with Gasteiger partial charge in [-0.05, 0) is 26.5 Å². The predicted octanol–water partition coefficient (Wildman–Crippen LogP) is 2.72. The Morgan fingerprint density at radius 2 is 2.31 bits per heavy atom. The fraction of sp³-hybridized carbons (Fsp3) is 0.429. The normalized spacial score (nSPS) is 20.0. The predicted molar refractivity (Wildman–Crippen MR) is 67.0 cm³/mol. The zero-order valence-corrected chi connectivity index (χ0v) is 9.99. The van der Waals surface area contributed by atoms with Crippen LogP contribution in [0.4, 0.5) is 0 Å². The largest absolute Gasteiger partial charge is 0.493 e. The van der Waals surface area contributed by atoms with Crippen LogP contribution in [0.5, 0.6) is 5.75 Å². The van der Waals surface area contributed by atoms with Gasteiger partial charge in [-0.1, -0.05) is 23.8 Å². The lowest BCUT2D eigenvalue weighted by Crippen LogP contribution is -2.33. The van der Waals surface area contributed by atoms with E-state index >= 15 is 0 Å². The van der Waals surface area contributed by atoms with Crippen molar-refractivity contribution < 1.29 is 4.74 Å². The molecule has 0 radical (unpaired) electrons. The molecule has 0 bridgehead atoms. The van der Waals surface area contributed by atoms with E-state index in [9.17, 15) is 0 Å². The molecule has 1 aliphatic heterocycles. The van der Waals surface area contributed by atoms with Crippen LogP contribution in [0.2, 0.25) is 0 Å². The van der Waals surface area contributed by atoms with Crippen LogP contribution < -0.4 is 10.1 Å². The van der Waals surface area contributed by atoms with E-state index in [2.05, 4.69) is 31.0 Å². The third-order valence-corrected chi connectivity index (χ3v) is 3.16. The molecule has 2 atom stereocenters. The fourth-order valence-electron chi connectivity index (χ4n) is 2.34. The number of ether oxygens (including phenoxy) is 1. The van der Waals surface area contributed by atoms with E-state index in [1.165, 1.54) is 11.1 Å². The van der Waals surface area contributed by atoms with Gasteiger partial charge in [0, 0.05) is 17.5 Å². The maximum Gasteiger partial charge on any atom is 0.122 e. The van der Waals surface area contributed by atoms with Gasteiger partial charge in [0.25, 0.3) is 0 Å². The average Bonchev–Trinajstić information content (AvgIpc) is 2.69. The lowest BCUT2D eigenvalue weighted by atomic mass is 9.90. The van der Waals surface area contributed by atoms with Crippen molar-refractivity contribution in [3.05, 3.63) is 42.0 Å². The minimum absolute atomic E-state index is 0.418. The van der Waals surface area contributed by atoms with Gasteiger partial charge in [0.15, 0.2) is 0 Å². The van der Waals surface area contributed by atoms with E-state index in [0.717, 1.165) is 18.8 Å². The first-order valence-corrected chi connectivity index (χ1v) is 5.75. The number of nitrogens with one attached hydrogen (secondary N) is 1. The van der Waals surface area contributed by atoms with Crippen LogP contribution in [-0.2, 0) is 0 Å². The summed E-state index contributed by atoms with van der Waals surface area (Å²) in [6.07, 6.45) is 0.999. The minimum atomic E-state index is 0.418. The molecule has 1 aromatic rings. The van der Waals surface area contributed by atoms with Gasteiger partial charge in [-0.2, -0.15) is 0 Å². The molecule has 2 unspecified atom stereocenters. The van der Waals surface area contributed by atoms with Gasteiger partial charge in [0.1, 0.15) is 5.75 Å². The molecule has 0 aromatic heterocycles. The molecule has 0 saturated carbocycles. The summed E-state index contributed by atoms with van der Waals surface area (Å²) in [7, 11) is 2.01. The summed E-state index contributed by atoms with van der Waals surface area (Å²) in [6.45, 7) is 6.84. The van der Waals surface area contributed by atoms with Crippen molar-refractivity contribution >= 4 is 0 Å². The Morgan fingerprint density at radius 3 is 3.00 bits per heavy atom. The van der Waals surface area contributed by atoms with E-state index in [1.54, 1.807) is 0 Å². The minimum Gasteiger partial charge on any atom is -0.493 e. The standard InChI is InChI=1S/C14H19NO/c1-10(2)8-13(15-3)12-9-16-14-7-5-4-6-11(12)14/h4-7,12-13,15H,1,8-9H2,2-3H3. The SMILES string of the molecule is C=C(C)CC(NC)C1COc2ccccc21. The summed E-state index contributed by atoms with van der Waals surface area (Å²) in [5.74, 6) is 1.48. The number of fused-ring (bicyclic) bond motifs is 1. The summed E-state index contributed by atoms with van der Waals surface area (Å²) >= 11 is 0. The molecule has 1 N–H and O–H groups in total. The third-order valence-electron chi connectivity index (χ3n) is 3.16. The number of rotatable bonds is 4. The van der Waals surface area contributed by atoms with Crippen LogP contribution in [0.3, 0.4) is 0 Å². The van der Waals surface area contributed by atoms with Crippen LogP contribution in [-0.4, -0.2) is 19.7 Å². The molecular weight excluding hydrogens is 198 g/mol. The number of hydrogen-bond donors (Lipinski definition) is 1. The zero-order valence-electron chi connectivity index (χ0n) is 9.99. The zero-order chi connectivity index (χ0) is 11.5. The van der Waals surface area contributed by atoms with Gasteiger partial charge in [-0.25, -0.2) is 0 Å². The van der Waals surface area contributed by atoms with E-state index in [-0.39, 0.29) is 0 Å². The van der Waals surface area contributed by atoms with Crippen molar-refractivity contribution in [2.24, 2.45) is 0 Å². The lowest BCUT2D eigenvalue weighted by molar-refractivity contribution is 0.302. The molecule has 0 fully saturated rings. The Hall–Kier alpha value is -1.28. The second kappa shape index (κ2) is 4.71. The quantitative estimate of drug-likeness (QED) is 0.783. The Balaban J connectivity index is 2.19. The molecule has 2 heteroatoms. The first-order chi connectivity index (χ1) is 7.72. The van der Waals surface area contributed by atoms with Gasteiger partial charge in [0.2, 0.25) is 0 Å². The molecule has 1 aliphatic rings. The topological polar surface area (TPSA) is 21.3 Å². The molecule has 0 aliphatic carbocycles. The Kier molecular flexibility index (Phi) is 3.30. The molecule has 2 nitrogen and oxygen atoms in total. The summed E-state index contributed by atoms with van der Waals surface area (Å²) in [6, 6.07) is 8.72. The molecule has 16 heavy (non-hydrogen) atoms. The number of hydrogen-bond acceptors (Lipinski definition) is 2. The third kappa shape index (κ3) is 2.12. The van der Waals surface area contributed by atoms with Crippen molar-refractivity contribution in [3.63, 3.8) is 0 Å². The van der Waals surface area contributed by atoms with E-state index in [1.807, 2.05) is 19.2 Å². The van der Waals surface area contributed by atoms with Gasteiger partial charge in [0.05, 0.1) is 6.61 Å². The van der Waals surface area contributed by atoms with Crippen molar-refractivity contribution in [2.45, 2.75) is 25.3 Å². The highest BCUT2D eigenvalue weighted by atomic mass is 16.5. The maximum absolute atomic E-state index is 5.71. The maximum atomic E-state index is 5.71. The van der Waals surface area contributed by atoms with Crippen molar-refractivity contribution in [2.75, 3.05) is 13.7 Å². The highest BCUT2D eigenvalue weighted by molar-refractivity contribution is 5.40. The van der Waals surface area contributed by atoms with E-state index in [4.69, 9.17) is 4.74 Å². The van der Waals surface area contributed by atoms with Crippen LogP contribution in [0.15, 0.2) is 36.4 Å². The second-order valence-corrected chi connectivity index (χ2v) is 4.51.